The van der Waals surface area contributed by atoms with Crippen LogP contribution in [0.3, 0.4) is 0 Å². The molecule has 0 heterocycles. The van der Waals surface area contributed by atoms with Crippen LogP contribution in [0, 0.1) is 13.8 Å². The zero-order valence-electron chi connectivity index (χ0n) is 11.7. The van der Waals surface area contributed by atoms with Crippen LogP contribution >= 0.6 is 11.8 Å². The van der Waals surface area contributed by atoms with Gasteiger partial charge in [-0.1, -0.05) is 39.0 Å². The van der Waals surface area contributed by atoms with E-state index in [0.717, 1.165) is 12.3 Å². The molecule has 0 aromatic heterocycles. The molecule has 0 radical (unpaired) electrons. The Hall–Kier alpha value is -0.470. The monoisotopic (exact) mass is 251 g/mol. The molecule has 1 unspecified atom stereocenters. The van der Waals surface area contributed by atoms with E-state index in [-0.39, 0.29) is 0 Å². The quantitative estimate of drug-likeness (QED) is 0.817. The van der Waals surface area contributed by atoms with Crippen LogP contribution in [0.5, 0.6) is 0 Å². The van der Waals surface area contributed by atoms with Crippen LogP contribution in [0.15, 0.2) is 18.2 Å². The lowest BCUT2D eigenvalue weighted by Gasteiger charge is -2.20. The van der Waals surface area contributed by atoms with Crippen LogP contribution in [-0.2, 0) is 0 Å². The zero-order valence-corrected chi connectivity index (χ0v) is 12.5. The van der Waals surface area contributed by atoms with Crippen molar-refractivity contribution in [2.45, 2.75) is 45.9 Å². The van der Waals surface area contributed by atoms with Gasteiger partial charge >= 0.3 is 0 Å². The standard InChI is InChI=1S/C15H25NS/c1-6-16-15(10-17-11(2)3)14-8-7-12(4)13(5)9-14/h7-9,11,15-16H,6,10H2,1-5H3. The highest BCUT2D eigenvalue weighted by molar-refractivity contribution is 7.99. The average molecular weight is 251 g/mol. The number of hydrogen-bond acceptors (Lipinski definition) is 2. The summed E-state index contributed by atoms with van der Waals surface area (Å²) in [6, 6.07) is 7.29. The molecule has 1 rings (SSSR count). The van der Waals surface area contributed by atoms with E-state index in [0.29, 0.717) is 11.3 Å². The Morgan fingerprint density at radius 1 is 1.18 bits per heavy atom. The summed E-state index contributed by atoms with van der Waals surface area (Å²) in [5.41, 5.74) is 4.18. The molecule has 1 aromatic carbocycles. The third kappa shape index (κ3) is 4.72. The first kappa shape index (κ1) is 14.6. The van der Waals surface area contributed by atoms with Crippen LogP contribution in [-0.4, -0.2) is 17.5 Å². The van der Waals surface area contributed by atoms with E-state index >= 15 is 0 Å². The van der Waals surface area contributed by atoms with E-state index < -0.39 is 0 Å². The van der Waals surface area contributed by atoms with Crippen LogP contribution in [0.25, 0.3) is 0 Å². The summed E-state index contributed by atoms with van der Waals surface area (Å²) >= 11 is 2.02. The number of benzene rings is 1. The minimum atomic E-state index is 0.478. The highest BCUT2D eigenvalue weighted by Gasteiger charge is 2.11. The fourth-order valence-corrected chi connectivity index (χ4v) is 2.68. The second-order valence-electron chi connectivity index (χ2n) is 4.84. The minimum Gasteiger partial charge on any atom is -0.310 e. The number of rotatable bonds is 6. The first-order chi connectivity index (χ1) is 8.04. The molecule has 0 fully saturated rings. The second-order valence-corrected chi connectivity index (χ2v) is 6.45. The van der Waals surface area contributed by atoms with Gasteiger partial charge in [0.05, 0.1) is 0 Å². The van der Waals surface area contributed by atoms with Gasteiger partial charge in [-0.2, -0.15) is 11.8 Å². The van der Waals surface area contributed by atoms with Crippen LogP contribution in [0.4, 0.5) is 0 Å². The summed E-state index contributed by atoms with van der Waals surface area (Å²) in [5.74, 6) is 1.15. The van der Waals surface area contributed by atoms with E-state index in [1.807, 2.05) is 11.8 Å². The lowest BCUT2D eigenvalue weighted by molar-refractivity contribution is 0.605. The summed E-state index contributed by atoms with van der Waals surface area (Å²) < 4.78 is 0. The molecule has 0 saturated carbocycles. The number of nitrogens with one attached hydrogen (secondary N) is 1. The molecule has 0 spiro atoms. The third-order valence-electron chi connectivity index (χ3n) is 2.98. The highest BCUT2D eigenvalue weighted by Crippen LogP contribution is 2.23. The minimum absolute atomic E-state index is 0.478. The zero-order chi connectivity index (χ0) is 12.8. The molecule has 2 heteroatoms. The Labute approximate surface area is 110 Å². The van der Waals surface area contributed by atoms with Gasteiger partial charge in [-0.15, -0.1) is 0 Å². The van der Waals surface area contributed by atoms with Gasteiger partial charge in [-0.05, 0) is 42.3 Å². The first-order valence-electron chi connectivity index (χ1n) is 6.46. The molecule has 96 valence electrons. The van der Waals surface area contributed by atoms with Crippen LogP contribution < -0.4 is 5.32 Å². The Balaban J connectivity index is 2.77. The molecule has 1 aromatic rings. The van der Waals surface area contributed by atoms with Crippen molar-refractivity contribution in [2.75, 3.05) is 12.3 Å². The van der Waals surface area contributed by atoms with Crippen LogP contribution in [0.1, 0.15) is 43.5 Å². The third-order valence-corrected chi connectivity index (χ3v) is 4.17. The van der Waals surface area contributed by atoms with Gasteiger partial charge in [0.25, 0.3) is 0 Å². The average Bonchev–Trinajstić information content (AvgIpc) is 2.28. The van der Waals surface area contributed by atoms with Crippen molar-refractivity contribution < 1.29 is 0 Å². The fraction of sp³-hybridized carbons (Fsp3) is 0.600. The predicted octanol–water partition coefficient (Wildman–Crippen LogP) is 4.10. The summed E-state index contributed by atoms with van der Waals surface area (Å²) in [4.78, 5) is 0. The molecular formula is C15H25NS. The summed E-state index contributed by atoms with van der Waals surface area (Å²) in [6.07, 6.45) is 0. The van der Waals surface area contributed by atoms with Gasteiger partial charge in [-0.25, -0.2) is 0 Å². The molecular weight excluding hydrogens is 226 g/mol. The van der Waals surface area contributed by atoms with Crippen LogP contribution in [0.2, 0.25) is 0 Å². The van der Waals surface area contributed by atoms with Crippen molar-refractivity contribution in [1.29, 1.82) is 0 Å². The van der Waals surface area contributed by atoms with Gasteiger partial charge in [0.1, 0.15) is 0 Å². The number of thioether (sulfide) groups is 1. The molecule has 0 bridgehead atoms. The topological polar surface area (TPSA) is 12.0 Å². The van der Waals surface area contributed by atoms with Crippen molar-refractivity contribution >= 4 is 11.8 Å². The molecule has 0 aliphatic rings. The van der Waals surface area contributed by atoms with E-state index in [4.69, 9.17) is 0 Å². The molecule has 17 heavy (non-hydrogen) atoms. The number of aryl methyl sites for hydroxylation is 2. The maximum Gasteiger partial charge on any atom is 0.0411 e. The molecule has 0 saturated heterocycles. The van der Waals surface area contributed by atoms with E-state index in [1.165, 1.54) is 16.7 Å². The lowest BCUT2D eigenvalue weighted by Crippen LogP contribution is -2.23. The SMILES string of the molecule is CCNC(CSC(C)C)c1ccc(C)c(C)c1. The van der Waals surface area contributed by atoms with E-state index in [2.05, 4.69) is 58.1 Å². The van der Waals surface area contributed by atoms with E-state index in [1.54, 1.807) is 0 Å². The lowest BCUT2D eigenvalue weighted by atomic mass is 10.0. The van der Waals surface area contributed by atoms with Crippen molar-refractivity contribution in [3.05, 3.63) is 34.9 Å². The van der Waals surface area contributed by atoms with Gasteiger partial charge in [0, 0.05) is 11.8 Å². The molecule has 1 atom stereocenters. The summed E-state index contributed by atoms with van der Waals surface area (Å²) in [7, 11) is 0. The van der Waals surface area contributed by atoms with Gasteiger partial charge < -0.3 is 5.32 Å². The molecule has 0 amide bonds. The molecule has 1 nitrogen and oxygen atoms in total. The number of hydrogen-bond donors (Lipinski definition) is 1. The molecule has 1 N–H and O–H groups in total. The predicted molar refractivity (Wildman–Crippen MR) is 79.9 cm³/mol. The van der Waals surface area contributed by atoms with Gasteiger partial charge in [-0.3, -0.25) is 0 Å². The van der Waals surface area contributed by atoms with E-state index in [9.17, 15) is 0 Å². The van der Waals surface area contributed by atoms with Gasteiger partial charge in [0.15, 0.2) is 0 Å². The van der Waals surface area contributed by atoms with Crippen molar-refractivity contribution in [1.82, 2.24) is 5.32 Å². The summed E-state index contributed by atoms with van der Waals surface area (Å²) in [5, 5.41) is 4.28. The molecule has 0 aliphatic heterocycles. The maximum absolute atomic E-state index is 3.58. The van der Waals surface area contributed by atoms with Crippen molar-refractivity contribution in [3.8, 4) is 0 Å². The van der Waals surface area contributed by atoms with Gasteiger partial charge in [0.2, 0.25) is 0 Å². The maximum atomic E-state index is 3.58. The molecule has 0 aliphatic carbocycles. The Morgan fingerprint density at radius 2 is 1.88 bits per heavy atom. The van der Waals surface area contributed by atoms with Crippen molar-refractivity contribution in [2.24, 2.45) is 0 Å². The first-order valence-corrected chi connectivity index (χ1v) is 7.51. The smallest absolute Gasteiger partial charge is 0.0411 e. The Bertz CT molecular complexity index is 347. The Morgan fingerprint density at radius 3 is 2.41 bits per heavy atom. The largest absolute Gasteiger partial charge is 0.310 e. The fourth-order valence-electron chi connectivity index (χ4n) is 1.79. The Kier molecular flexibility index (Phi) is 6.07. The normalized spacial score (nSPS) is 13.1. The second kappa shape index (κ2) is 7.07. The van der Waals surface area contributed by atoms with Crippen molar-refractivity contribution in [3.63, 3.8) is 0 Å². The highest BCUT2D eigenvalue weighted by atomic mass is 32.2. The summed E-state index contributed by atoms with van der Waals surface area (Å²) in [6.45, 7) is 12.1.